The minimum Gasteiger partial charge on any atom is -0.435 e. The fourth-order valence-corrected chi connectivity index (χ4v) is 2.67. The second kappa shape index (κ2) is 7.10. The summed E-state index contributed by atoms with van der Waals surface area (Å²) in [5.74, 6) is -0.386. The van der Waals surface area contributed by atoms with Crippen LogP contribution in [-0.2, 0) is 6.54 Å². The number of fused-ring (bicyclic) bond motifs is 1. The van der Waals surface area contributed by atoms with E-state index in [-0.39, 0.29) is 29.2 Å². The number of rotatable bonds is 5. The Hall–Kier alpha value is -2.61. The second-order valence-electron chi connectivity index (χ2n) is 5.17. The van der Waals surface area contributed by atoms with Crippen LogP contribution in [0.5, 0.6) is 5.75 Å². The molecule has 0 aliphatic rings. The quantitative estimate of drug-likeness (QED) is 0.604. The molecule has 0 saturated heterocycles. The molecular weight excluding hydrogens is 398 g/mol. The third-order valence-corrected chi connectivity index (χ3v) is 3.99. The number of hydrogen-bond acceptors (Lipinski definition) is 4. The molecule has 0 saturated carbocycles. The Bertz CT molecular complexity index is 987. The van der Waals surface area contributed by atoms with Gasteiger partial charge in [0.15, 0.2) is 5.78 Å². The average molecular weight is 409 g/mol. The van der Waals surface area contributed by atoms with E-state index in [4.69, 9.17) is 0 Å². The van der Waals surface area contributed by atoms with Gasteiger partial charge in [-0.25, -0.2) is 4.98 Å². The number of carbonyl (C=O) groups excluding carboxylic acids is 1. The number of aromatic nitrogens is 2. The summed E-state index contributed by atoms with van der Waals surface area (Å²) in [4.78, 5) is 28.9. The molecule has 0 aliphatic heterocycles. The second-order valence-corrected chi connectivity index (χ2v) is 6.08. The average Bonchev–Trinajstić information content (AvgIpc) is 2.58. The number of carbonyl (C=O) groups is 1. The van der Waals surface area contributed by atoms with Crippen LogP contribution in [-0.4, -0.2) is 21.9 Å². The largest absolute Gasteiger partial charge is 0.435 e. The Balaban J connectivity index is 1.84. The summed E-state index contributed by atoms with van der Waals surface area (Å²) in [5.41, 5.74) is 0.477. The molecule has 0 radical (unpaired) electrons. The number of ether oxygens (including phenoxy) is 1. The molecule has 1 heterocycles. The van der Waals surface area contributed by atoms with Crippen LogP contribution in [0, 0.1) is 0 Å². The van der Waals surface area contributed by atoms with Crippen molar-refractivity contribution in [1.82, 2.24) is 9.55 Å². The van der Waals surface area contributed by atoms with Crippen molar-refractivity contribution in [3.05, 3.63) is 69.2 Å². The van der Waals surface area contributed by atoms with Crippen LogP contribution in [0.3, 0.4) is 0 Å². The highest BCUT2D eigenvalue weighted by Crippen LogP contribution is 2.16. The van der Waals surface area contributed by atoms with E-state index in [0.29, 0.717) is 10.9 Å². The summed E-state index contributed by atoms with van der Waals surface area (Å²) in [5, 5.41) is 0.394. The van der Waals surface area contributed by atoms with Crippen molar-refractivity contribution >= 4 is 32.6 Å². The van der Waals surface area contributed by atoms with Gasteiger partial charge in [0.05, 0.1) is 23.8 Å². The number of halogens is 3. The maximum Gasteiger partial charge on any atom is 0.387 e. The van der Waals surface area contributed by atoms with E-state index in [9.17, 15) is 18.4 Å². The van der Waals surface area contributed by atoms with E-state index in [1.807, 2.05) is 0 Å². The molecule has 3 rings (SSSR count). The normalized spacial score (nSPS) is 11.0. The molecule has 5 nitrogen and oxygen atoms in total. The van der Waals surface area contributed by atoms with E-state index in [0.717, 1.165) is 4.47 Å². The highest BCUT2D eigenvalue weighted by Gasteiger charge is 2.11. The fraction of sp³-hybridized carbons (Fsp3) is 0.118. The highest BCUT2D eigenvalue weighted by molar-refractivity contribution is 9.10. The third kappa shape index (κ3) is 3.90. The SMILES string of the molecule is O=C(Cn1cnc2ccc(Br)cc2c1=O)c1ccc(OC(F)F)cc1. The number of Topliss-reactive ketones (excluding diaryl/α,β-unsaturated/α-hetero) is 1. The van der Waals surface area contributed by atoms with Gasteiger partial charge in [-0.05, 0) is 42.5 Å². The standard InChI is InChI=1S/C17H11BrF2N2O3/c18-11-3-6-14-13(7-11)16(24)22(9-21-14)8-15(23)10-1-4-12(5-2-10)25-17(19)20/h1-7,9,17H,8H2. The van der Waals surface area contributed by atoms with Crippen LogP contribution >= 0.6 is 15.9 Å². The number of nitrogens with zero attached hydrogens (tertiary/aromatic N) is 2. The summed E-state index contributed by atoms with van der Waals surface area (Å²) >= 11 is 3.29. The van der Waals surface area contributed by atoms with Gasteiger partial charge in [0.25, 0.3) is 5.56 Å². The molecule has 3 aromatic rings. The molecule has 0 fully saturated rings. The summed E-state index contributed by atoms with van der Waals surface area (Å²) in [6, 6.07) is 10.4. The maximum absolute atomic E-state index is 12.5. The fourth-order valence-electron chi connectivity index (χ4n) is 2.31. The zero-order chi connectivity index (χ0) is 18.0. The Morgan fingerprint density at radius 3 is 2.60 bits per heavy atom. The topological polar surface area (TPSA) is 61.2 Å². The lowest BCUT2D eigenvalue weighted by molar-refractivity contribution is -0.0498. The molecule has 8 heteroatoms. The molecule has 2 aromatic carbocycles. The first-order valence-electron chi connectivity index (χ1n) is 7.17. The van der Waals surface area contributed by atoms with Crippen molar-refractivity contribution in [1.29, 1.82) is 0 Å². The molecule has 0 aliphatic carbocycles. The summed E-state index contributed by atoms with van der Waals surface area (Å²) in [6.07, 6.45) is 1.31. The van der Waals surface area contributed by atoms with Gasteiger partial charge in [-0.3, -0.25) is 14.2 Å². The van der Waals surface area contributed by atoms with Crippen LogP contribution in [0.25, 0.3) is 10.9 Å². The number of hydrogen-bond donors (Lipinski definition) is 0. The molecule has 0 bridgehead atoms. The van der Waals surface area contributed by atoms with Gasteiger partial charge in [0, 0.05) is 10.0 Å². The van der Waals surface area contributed by atoms with Gasteiger partial charge in [-0.15, -0.1) is 0 Å². The van der Waals surface area contributed by atoms with Crippen molar-refractivity contribution in [2.45, 2.75) is 13.2 Å². The van der Waals surface area contributed by atoms with Gasteiger partial charge >= 0.3 is 6.61 Å². The summed E-state index contributed by atoms with van der Waals surface area (Å²) in [6.45, 7) is -3.13. The first-order valence-corrected chi connectivity index (χ1v) is 7.96. The van der Waals surface area contributed by atoms with E-state index in [1.54, 1.807) is 18.2 Å². The van der Waals surface area contributed by atoms with Gasteiger partial charge in [0.1, 0.15) is 5.75 Å². The van der Waals surface area contributed by atoms with Crippen molar-refractivity contribution in [2.75, 3.05) is 0 Å². The molecule has 0 unspecified atom stereocenters. The Morgan fingerprint density at radius 2 is 1.92 bits per heavy atom. The molecule has 0 spiro atoms. The lowest BCUT2D eigenvalue weighted by Gasteiger charge is -2.08. The van der Waals surface area contributed by atoms with Crippen molar-refractivity contribution in [2.24, 2.45) is 0 Å². The van der Waals surface area contributed by atoms with Gasteiger partial charge in [-0.1, -0.05) is 15.9 Å². The highest BCUT2D eigenvalue weighted by atomic mass is 79.9. The Labute approximate surface area is 149 Å². The molecule has 128 valence electrons. The van der Waals surface area contributed by atoms with Crippen molar-refractivity contribution in [3.63, 3.8) is 0 Å². The van der Waals surface area contributed by atoms with Gasteiger partial charge in [0.2, 0.25) is 0 Å². The van der Waals surface area contributed by atoms with Crippen LogP contribution in [0.1, 0.15) is 10.4 Å². The first-order chi connectivity index (χ1) is 11.9. The predicted octanol–water partition coefficient (Wildman–Crippen LogP) is 3.64. The molecular formula is C17H11BrF2N2O3. The van der Waals surface area contributed by atoms with Crippen LogP contribution < -0.4 is 10.3 Å². The maximum atomic E-state index is 12.5. The molecule has 0 atom stereocenters. The van der Waals surface area contributed by atoms with E-state index in [2.05, 4.69) is 25.7 Å². The van der Waals surface area contributed by atoms with Crippen LogP contribution in [0.15, 0.2) is 58.1 Å². The third-order valence-electron chi connectivity index (χ3n) is 3.50. The van der Waals surface area contributed by atoms with Gasteiger partial charge < -0.3 is 4.74 Å². The number of ketones is 1. The zero-order valence-electron chi connectivity index (χ0n) is 12.7. The molecule has 1 aromatic heterocycles. The first kappa shape index (κ1) is 17.2. The van der Waals surface area contributed by atoms with Gasteiger partial charge in [-0.2, -0.15) is 8.78 Å². The predicted molar refractivity (Wildman–Crippen MR) is 91.1 cm³/mol. The monoisotopic (exact) mass is 408 g/mol. The lowest BCUT2D eigenvalue weighted by atomic mass is 10.1. The van der Waals surface area contributed by atoms with E-state index < -0.39 is 6.61 Å². The molecule has 0 amide bonds. The summed E-state index contributed by atoms with van der Waals surface area (Å²) in [7, 11) is 0. The Morgan fingerprint density at radius 1 is 1.20 bits per heavy atom. The van der Waals surface area contributed by atoms with Crippen molar-refractivity contribution in [3.8, 4) is 5.75 Å². The number of alkyl halides is 2. The van der Waals surface area contributed by atoms with E-state index in [1.165, 1.54) is 35.2 Å². The van der Waals surface area contributed by atoms with Crippen molar-refractivity contribution < 1.29 is 18.3 Å². The summed E-state index contributed by atoms with van der Waals surface area (Å²) < 4.78 is 30.4. The molecule has 25 heavy (non-hydrogen) atoms. The molecule has 0 N–H and O–H groups in total. The van der Waals surface area contributed by atoms with Crippen LogP contribution in [0.4, 0.5) is 8.78 Å². The minimum atomic E-state index is -2.93. The minimum absolute atomic E-state index is 0.0408. The smallest absolute Gasteiger partial charge is 0.387 e. The lowest BCUT2D eigenvalue weighted by Crippen LogP contribution is -2.24. The van der Waals surface area contributed by atoms with Crippen LogP contribution in [0.2, 0.25) is 0 Å². The zero-order valence-corrected chi connectivity index (χ0v) is 14.2. The Kier molecular flexibility index (Phi) is 4.89. The van der Waals surface area contributed by atoms with E-state index >= 15 is 0 Å². The number of benzene rings is 2.